The third kappa shape index (κ3) is 1.70. The van der Waals surface area contributed by atoms with Crippen molar-refractivity contribution in [1.82, 2.24) is 0 Å². The molecule has 0 radical (unpaired) electrons. The summed E-state index contributed by atoms with van der Waals surface area (Å²) in [5.41, 5.74) is 0. The molecule has 0 unspecified atom stereocenters. The van der Waals surface area contributed by atoms with Gasteiger partial charge in [0.15, 0.2) is 0 Å². The first-order valence-corrected chi connectivity index (χ1v) is 3.38. The number of carbonyl (C=O) groups excluding carboxylic acids is 1. The van der Waals surface area contributed by atoms with Crippen LogP contribution in [-0.2, 0) is 9.53 Å². The van der Waals surface area contributed by atoms with Gasteiger partial charge >= 0.3 is 0 Å². The lowest BCUT2D eigenvalue weighted by molar-refractivity contribution is -0.131. The molecule has 0 spiro atoms. The molecule has 52 valence electrons. The van der Waals surface area contributed by atoms with Gasteiger partial charge in [0.2, 0.25) is 0 Å². The standard InChI is InChI=1S/C7H12O2/c1-6-2-7(3-6)4-9-5-8/h5-7H,2-4H2,1H3. The summed E-state index contributed by atoms with van der Waals surface area (Å²) >= 11 is 0. The van der Waals surface area contributed by atoms with Gasteiger partial charge in [0.25, 0.3) is 6.47 Å². The summed E-state index contributed by atoms with van der Waals surface area (Å²) < 4.78 is 4.61. The minimum atomic E-state index is 0.531. The van der Waals surface area contributed by atoms with E-state index in [0.717, 1.165) is 5.92 Å². The topological polar surface area (TPSA) is 26.3 Å². The highest BCUT2D eigenvalue weighted by molar-refractivity contribution is 5.36. The number of rotatable bonds is 3. The Morgan fingerprint density at radius 2 is 2.33 bits per heavy atom. The monoisotopic (exact) mass is 128 g/mol. The maximum absolute atomic E-state index is 9.71. The maximum Gasteiger partial charge on any atom is 0.293 e. The zero-order chi connectivity index (χ0) is 6.69. The van der Waals surface area contributed by atoms with E-state index in [1.54, 1.807) is 0 Å². The minimum absolute atomic E-state index is 0.531. The number of ether oxygens (including phenoxy) is 1. The van der Waals surface area contributed by atoms with Gasteiger partial charge in [-0.3, -0.25) is 4.79 Å². The Morgan fingerprint density at radius 1 is 1.67 bits per heavy atom. The fourth-order valence-corrected chi connectivity index (χ4v) is 1.38. The van der Waals surface area contributed by atoms with Gasteiger partial charge < -0.3 is 4.74 Å². The molecule has 1 aliphatic rings. The first-order chi connectivity index (χ1) is 4.33. The van der Waals surface area contributed by atoms with Gasteiger partial charge in [-0.05, 0) is 24.7 Å². The van der Waals surface area contributed by atoms with E-state index in [1.165, 1.54) is 12.8 Å². The van der Waals surface area contributed by atoms with Crippen LogP contribution in [0.4, 0.5) is 0 Å². The molecule has 0 atom stereocenters. The Kier molecular flexibility index (Phi) is 2.09. The van der Waals surface area contributed by atoms with Gasteiger partial charge in [0.1, 0.15) is 0 Å². The number of hydrogen-bond acceptors (Lipinski definition) is 2. The zero-order valence-electron chi connectivity index (χ0n) is 5.67. The quantitative estimate of drug-likeness (QED) is 0.534. The van der Waals surface area contributed by atoms with Gasteiger partial charge in [-0.2, -0.15) is 0 Å². The smallest absolute Gasteiger partial charge is 0.293 e. The van der Waals surface area contributed by atoms with Gasteiger partial charge in [0.05, 0.1) is 6.61 Å². The minimum Gasteiger partial charge on any atom is -0.468 e. The lowest BCUT2D eigenvalue weighted by atomic mass is 9.77. The molecule has 0 saturated heterocycles. The zero-order valence-corrected chi connectivity index (χ0v) is 5.67. The molecule has 0 aromatic rings. The van der Waals surface area contributed by atoms with Crippen molar-refractivity contribution in [2.24, 2.45) is 11.8 Å². The second-order valence-electron chi connectivity index (χ2n) is 2.87. The van der Waals surface area contributed by atoms with Crippen LogP contribution in [0.5, 0.6) is 0 Å². The molecule has 0 aromatic carbocycles. The van der Waals surface area contributed by atoms with E-state index in [1.807, 2.05) is 0 Å². The Bertz CT molecular complexity index is 95.1. The molecule has 2 nitrogen and oxygen atoms in total. The highest BCUT2D eigenvalue weighted by atomic mass is 16.5. The SMILES string of the molecule is CC1CC(COC=O)C1. The summed E-state index contributed by atoms with van der Waals surface area (Å²) in [6, 6.07) is 0. The molecule has 0 heterocycles. The van der Waals surface area contributed by atoms with Crippen LogP contribution in [0.15, 0.2) is 0 Å². The van der Waals surface area contributed by atoms with Crippen LogP contribution in [0.2, 0.25) is 0 Å². The fraction of sp³-hybridized carbons (Fsp3) is 0.857. The van der Waals surface area contributed by atoms with Crippen molar-refractivity contribution in [2.75, 3.05) is 6.61 Å². The largest absolute Gasteiger partial charge is 0.468 e. The second-order valence-corrected chi connectivity index (χ2v) is 2.87. The molecule has 0 bridgehead atoms. The predicted octanol–water partition coefficient (Wildman–Crippen LogP) is 1.21. The van der Waals surface area contributed by atoms with Crippen molar-refractivity contribution in [3.05, 3.63) is 0 Å². The van der Waals surface area contributed by atoms with Crippen LogP contribution in [0.25, 0.3) is 0 Å². The molecule has 2 heteroatoms. The molecule has 1 aliphatic carbocycles. The number of hydrogen-bond donors (Lipinski definition) is 0. The van der Waals surface area contributed by atoms with Crippen LogP contribution in [-0.4, -0.2) is 13.1 Å². The molecule has 0 aromatic heterocycles. The molecular weight excluding hydrogens is 116 g/mol. The van der Waals surface area contributed by atoms with Crippen LogP contribution in [0, 0.1) is 11.8 Å². The summed E-state index contributed by atoms with van der Waals surface area (Å²) in [6.45, 7) is 3.38. The van der Waals surface area contributed by atoms with E-state index in [4.69, 9.17) is 0 Å². The number of carbonyl (C=O) groups is 1. The molecule has 0 amide bonds. The van der Waals surface area contributed by atoms with Gasteiger partial charge in [-0.1, -0.05) is 6.92 Å². The van der Waals surface area contributed by atoms with Crippen LogP contribution in [0.1, 0.15) is 19.8 Å². The van der Waals surface area contributed by atoms with Crippen molar-refractivity contribution >= 4 is 6.47 Å². The van der Waals surface area contributed by atoms with Crippen molar-refractivity contribution in [3.8, 4) is 0 Å². The lowest BCUT2D eigenvalue weighted by Gasteiger charge is -2.31. The lowest BCUT2D eigenvalue weighted by Crippen LogP contribution is -2.25. The first kappa shape index (κ1) is 6.59. The summed E-state index contributed by atoms with van der Waals surface area (Å²) in [7, 11) is 0. The fourth-order valence-electron chi connectivity index (χ4n) is 1.38. The first-order valence-electron chi connectivity index (χ1n) is 3.38. The maximum atomic E-state index is 9.71. The highest BCUT2D eigenvalue weighted by Crippen LogP contribution is 2.32. The summed E-state index contributed by atoms with van der Waals surface area (Å²) in [6.07, 6.45) is 2.46. The summed E-state index contributed by atoms with van der Waals surface area (Å²) in [5, 5.41) is 0. The van der Waals surface area contributed by atoms with Crippen LogP contribution >= 0.6 is 0 Å². The average Bonchev–Trinajstić information content (AvgIpc) is 1.78. The van der Waals surface area contributed by atoms with E-state index in [9.17, 15) is 4.79 Å². The van der Waals surface area contributed by atoms with E-state index in [2.05, 4.69) is 11.7 Å². The van der Waals surface area contributed by atoms with Gasteiger partial charge in [-0.25, -0.2) is 0 Å². The Labute approximate surface area is 55.2 Å². The molecule has 1 saturated carbocycles. The highest BCUT2D eigenvalue weighted by Gasteiger charge is 2.25. The summed E-state index contributed by atoms with van der Waals surface area (Å²) in [5.74, 6) is 1.51. The van der Waals surface area contributed by atoms with Crippen LogP contribution < -0.4 is 0 Å². The van der Waals surface area contributed by atoms with Crippen molar-refractivity contribution < 1.29 is 9.53 Å². The van der Waals surface area contributed by atoms with Gasteiger partial charge in [0, 0.05) is 0 Å². The van der Waals surface area contributed by atoms with Crippen LogP contribution in [0.3, 0.4) is 0 Å². The van der Waals surface area contributed by atoms with Crippen molar-refractivity contribution in [2.45, 2.75) is 19.8 Å². The molecule has 9 heavy (non-hydrogen) atoms. The van der Waals surface area contributed by atoms with Crippen molar-refractivity contribution in [3.63, 3.8) is 0 Å². The van der Waals surface area contributed by atoms with Crippen molar-refractivity contribution in [1.29, 1.82) is 0 Å². The third-order valence-corrected chi connectivity index (χ3v) is 1.87. The van der Waals surface area contributed by atoms with E-state index in [-0.39, 0.29) is 0 Å². The Balaban J connectivity index is 1.97. The van der Waals surface area contributed by atoms with E-state index < -0.39 is 0 Å². The third-order valence-electron chi connectivity index (χ3n) is 1.87. The summed E-state index contributed by atoms with van der Waals surface area (Å²) in [4.78, 5) is 9.71. The molecule has 0 aliphatic heterocycles. The molecule has 0 N–H and O–H groups in total. The predicted molar refractivity (Wildman–Crippen MR) is 33.9 cm³/mol. The molecule has 1 rings (SSSR count). The normalized spacial score (nSPS) is 33.0. The Hall–Kier alpha value is -0.530. The average molecular weight is 128 g/mol. The van der Waals surface area contributed by atoms with Gasteiger partial charge in [-0.15, -0.1) is 0 Å². The van der Waals surface area contributed by atoms with E-state index in [0.29, 0.717) is 19.0 Å². The van der Waals surface area contributed by atoms with E-state index >= 15 is 0 Å². The molecular formula is C7H12O2. The Morgan fingerprint density at radius 3 is 2.78 bits per heavy atom. The second kappa shape index (κ2) is 2.85. The molecule has 1 fully saturated rings.